The lowest BCUT2D eigenvalue weighted by atomic mass is 10.1. The van der Waals surface area contributed by atoms with Crippen molar-refractivity contribution in [1.29, 1.82) is 0 Å². The third-order valence-electron chi connectivity index (χ3n) is 3.32. The maximum absolute atomic E-state index is 6.02. The van der Waals surface area contributed by atoms with Crippen LogP contribution < -0.4 is 5.32 Å². The van der Waals surface area contributed by atoms with Crippen molar-refractivity contribution in [3.8, 4) is 0 Å². The highest BCUT2D eigenvalue weighted by molar-refractivity contribution is 5.84. The third kappa shape index (κ3) is 2.22. The van der Waals surface area contributed by atoms with E-state index in [1.807, 2.05) is 0 Å². The van der Waals surface area contributed by atoms with Crippen LogP contribution in [-0.4, -0.2) is 6.54 Å². The molecule has 1 unspecified atom stereocenters. The van der Waals surface area contributed by atoms with Crippen LogP contribution in [0.5, 0.6) is 0 Å². The van der Waals surface area contributed by atoms with E-state index in [0.29, 0.717) is 6.04 Å². The summed E-state index contributed by atoms with van der Waals surface area (Å²) in [6, 6.07) is 6.80. The van der Waals surface area contributed by atoms with E-state index in [2.05, 4.69) is 51.2 Å². The second kappa shape index (κ2) is 4.92. The zero-order chi connectivity index (χ0) is 12.4. The van der Waals surface area contributed by atoms with Gasteiger partial charge in [-0.05, 0) is 44.0 Å². The molecule has 1 heterocycles. The zero-order valence-corrected chi connectivity index (χ0v) is 11.1. The Bertz CT molecular complexity index is 474. The molecule has 0 aliphatic heterocycles. The van der Waals surface area contributed by atoms with E-state index >= 15 is 0 Å². The quantitative estimate of drug-likeness (QED) is 0.856. The second-order valence-electron chi connectivity index (χ2n) is 4.61. The maximum atomic E-state index is 6.02. The molecule has 1 N–H and O–H groups in total. The highest BCUT2D eigenvalue weighted by Gasteiger charge is 2.15. The van der Waals surface area contributed by atoms with E-state index < -0.39 is 0 Å². The van der Waals surface area contributed by atoms with Crippen LogP contribution in [0.3, 0.4) is 0 Å². The highest BCUT2D eigenvalue weighted by Crippen LogP contribution is 2.29. The van der Waals surface area contributed by atoms with Crippen molar-refractivity contribution in [3.05, 3.63) is 35.1 Å². The summed E-state index contributed by atoms with van der Waals surface area (Å²) in [4.78, 5) is 0. The molecule has 2 heteroatoms. The van der Waals surface area contributed by atoms with Gasteiger partial charge >= 0.3 is 0 Å². The van der Waals surface area contributed by atoms with E-state index in [1.54, 1.807) is 0 Å². The van der Waals surface area contributed by atoms with Crippen LogP contribution in [0.2, 0.25) is 0 Å². The number of aryl methyl sites for hydroxylation is 2. The molecule has 2 rings (SSSR count). The van der Waals surface area contributed by atoms with Crippen molar-refractivity contribution in [2.24, 2.45) is 0 Å². The largest absolute Gasteiger partial charge is 0.459 e. The van der Waals surface area contributed by atoms with Gasteiger partial charge in [0.15, 0.2) is 0 Å². The van der Waals surface area contributed by atoms with Crippen molar-refractivity contribution in [1.82, 2.24) is 5.32 Å². The Balaban J connectivity index is 2.50. The molecule has 0 saturated heterocycles. The van der Waals surface area contributed by atoms with E-state index in [0.717, 1.165) is 24.3 Å². The minimum atomic E-state index is 0.325. The fourth-order valence-corrected chi connectivity index (χ4v) is 2.28. The number of fused-ring (bicyclic) bond motifs is 1. The lowest BCUT2D eigenvalue weighted by Gasteiger charge is -2.12. The van der Waals surface area contributed by atoms with Gasteiger partial charge < -0.3 is 9.73 Å². The number of hydrogen-bond acceptors (Lipinski definition) is 2. The molecule has 0 bridgehead atoms. The average molecular weight is 231 g/mol. The number of nitrogens with one attached hydrogen (secondary N) is 1. The average Bonchev–Trinajstić information content (AvgIpc) is 2.77. The van der Waals surface area contributed by atoms with Crippen LogP contribution in [0.15, 0.2) is 22.6 Å². The van der Waals surface area contributed by atoms with Crippen LogP contribution in [-0.2, 0) is 0 Å². The third-order valence-corrected chi connectivity index (χ3v) is 3.32. The van der Waals surface area contributed by atoms with Gasteiger partial charge in [0, 0.05) is 5.39 Å². The number of benzene rings is 1. The Morgan fingerprint density at radius 3 is 2.47 bits per heavy atom. The van der Waals surface area contributed by atoms with Gasteiger partial charge in [0.2, 0.25) is 0 Å². The Morgan fingerprint density at radius 1 is 1.18 bits per heavy atom. The summed E-state index contributed by atoms with van der Waals surface area (Å²) in [7, 11) is 0. The van der Waals surface area contributed by atoms with Crippen molar-refractivity contribution in [2.75, 3.05) is 6.54 Å². The van der Waals surface area contributed by atoms with E-state index in [-0.39, 0.29) is 0 Å². The van der Waals surface area contributed by atoms with Gasteiger partial charge in [0.05, 0.1) is 6.04 Å². The van der Waals surface area contributed by atoms with Gasteiger partial charge in [-0.25, -0.2) is 0 Å². The van der Waals surface area contributed by atoms with Crippen molar-refractivity contribution in [3.63, 3.8) is 0 Å². The lowest BCUT2D eigenvalue weighted by Crippen LogP contribution is -2.19. The molecule has 0 fully saturated rings. The molecule has 2 aromatic rings. The topological polar surface area (TPSA) is 25.2 Å². The molecule has 0 aliphatic rings. The Labute approximate surface area is 103 Å². The SMILES string of the molecule is CCNC(CC)c1cc2c(C)ccc(C)c2o1. The number of furan rings is 1. The van der Waals surface area contributed by atoms with E-state index in [9.17, 15) is 0 Å². The number of rotatable bonds is 4. The zero-order valence-electron chi connectivity index (χ0n) is 11.1. The minimum Gasteiger partial charge on any atom is -0.459 e. The van der Waals surface area contributed by atoms with Crippen LogP contribution in [0.4, 0.5) is 0 Å². The molecule has 92 valence electrons. The first-order chi connectivity index (χ1) is 8.17. The fraction of sp³-hybridized carbons (Fsp3) is 0.467. The van der Waals surface area contributed by atoms with Gasteiger partial charge in [0.1, 0.15) is 11.3 Å². The molecule has 0 amide bonds. The molecule has 0 aliphatic carbocycles. The van der Waals surface area contributed by atoms with Gasteiger partial charge in [0.25, 0.3) is 0 Å². The Kier molecular flexibility index (Phi) is 3.53. The summed E-state index contributed by atoms with van der Waals surface area (Å²) in [5, 5.41) is 4.70. The fourth-order valence-electron chi connectivity index (χ4n) is 2.28. The van der Waals surface area contributed by atoms with Crippen LogP contribution in [0.25, 0.3) is 11.0 Å². The summed E-state index contributed by atoms with van der Waals surface area (Å²) in [5.74, 6) is 1.06. The van der Waals surface area contributed by atoms with Gasteiger partial charge in [-0.15, -0.1) is 0 Å². The minimum absolute atomic E-state index is 0.325. The van der Waals surface area contributed by atoms with Crippen LogP contribution in [0.1, 0.15) is 43.2 Å². The normalized spacial score (nSPS) is 13.2. The van der Waals surface area contributed by atoms with Gasteiger partial charge in [-0.1, -0.05) is 26.0 Å². The molecule has 0 spiro atoms. The summed E-state index contributed by atoms with van der Waals surface area (Å²) in [6.07, 6.45) is 1.05. The first-order valence-electron chi connectivity index (χ1n) is 6.40. The Morgan fingerprint density at radius 2 is 1.88 bits per heavy atom. The van der Waals surface area contributed by atoms with Crippen LogP contribution >= 0.6 is 0 Å². The lowest BCUT2D eigenvalue weighted by molar-refractivity contribution is 0.428. The molecule has 2 nitrogen and oxygen atoms in total. The molecular weight excluding hydrogens is 210 g/mol. The standard InChI is InChI=1S/C15H21NO/c1-5-13(16-6-2)14-9-12-10(3)7-8-11(4)15(12)17-14/h7-9,13,16H,5-6H2,1-4H3. The summed E-state index contributed by atoms with van der Waals surface area (Å²) < 4.78 is 6.02. The predicted molar refractivity (Wildman–Crippen MR) is 72.4 cm³/mol. The molecule has 1 atom stereocenters. The maximum Gasteiger partial charge on any atom is 0.137 e. The monoisotopic (exact) mass is 231 g/mol. The highest BCUT2D eigenvalue weighted by atomic mass is 16.3. The first kappa shape index (κ1) is 12.2. The molecular formula is C15H21NO. The van der Waals surface area contributed by atoms with Gasteiger partial charge in [-0.3, -0.25) is 0 Å². The van der Waals surface area contributed by atoms with Crippen molar-refractivity contribution < 1.29 is 4.42 Å². The summed E-state index contributed by atoms with van der Waals surface area (Å²) in [5.41, 5.74) is 3.53. The summed E-state index contributed by atoms with van der Waals surface area (Å²) >= 11 is 0. The van der Waals surface area contributed by atoms with E-state index in [4.69, 9.17) is 4.42 Å². The second-order valence-corrected chi connectivity index (χ2v) is 4.61. The van der Waals surface area contributed by atoms with Crippen LogP contribution in [0, 0.1) is 13.8 Å². The van der Waals surface area contributed by atoms with Crippen molar-refractivity contribution >= 4 is 11.0 Å². The summed E-state index contributed by atoms with van der Waals surface area (Å²) in [6.45, 7) is 9.51. The predicted octanol–water partition coefficient (Wildman–Crippen LogP) is 4.11. The molecule has 17 heavy (non-hydrogen) atoms. The number of hydrogen-bond donors (Lipinski definition) is 1. The molecule has 1 aromatic carbocycles. The van der Waals surface area contributed by atoms with E-state index in [1.165, 1.54) is 16.5 Å². The smallest absolute Gasteiger partial charge is 0.137 e. The van der Waals surface area contributed by atoms with Gasteiger partial charge in [-0.2, -0.15) is 0 Å². The van der Waals surface area contributed by atoms with Crippen molar-refractivity contribution in [2.45, 2.75) is 40.2 Å². The molecule has 1 aromatic heterocycles. The Hall–Kier alpha value is -1.28. The first-order valence-corrected chi connectivity index (χ1v) is 6.40. The molecule has 0 radical (unpaired) electrons. The molecule has 0 saturated carbocycles.